The molecule has 0 radical (unpaired) electrons. The van der Waals surface area contributed by atoms with E-state index in [0.717, 1.165) is 0 Å². The monoisotopic (exact) mass is 318 g/mol. The quantitative estimate of drug-likeness (QED) is 0.804. The summed E-state index contributed by atoms with van der Waals surface area (Å²) in [5.41, 5.74) is -0.150. The first kappa shape index (κ1) is 16.0. The van der Waals surface area contributed by atoms with E-state index in [0.29, 0.717) is 24.4 Å². The predicted octanol–water partition coefficient (Wildman–Crippen LogP) is 3.00. The molecule has 5 heteroatoms. The molecule has 23 heavy (non-hydrogen) atoms. The molecule has 0 fully saturated rings. The number of rotatable bonds is 1. The number of carbonyl (C=O) groups is 3. The fourth-order valence-electron chi connectivity index (χ4n) is 3.92. The molecule has 3 rings (SSSR count). The van der Waals surface area contributed by atoms with Gasteiger partial charge in [-0.2, -0.15) is 0 Å². The van der Waals surface area contributed by atoms with Crippen LogP contribution in [0.1, 0.15) is 53.4 Å². The van der Waals surface area contributed by atoms with Crippen LogP contribution in [0.15, 0.2) is 22.7 Å². The highest BCUT2D eigenvalue weighted by molar-refractivity contribution is 6.10. The zero-order valence-corrected chi connectivity index (χ0v) is 14.0. The van der Waals surface area contributed by atoms with Crippen LogP contribution in [0.2, 0.25) is 0 Å². The molecule has 0 bridgehead atoms. The van der Waals surface area contributed by atoms with Crippen LogP contribution in [0.25, 0.3) is 0 Å². The van der Waals surface area contributed by atoms with Gasteiger partial charge in [-0.05, 0) is 10.8 Å². The topological polar surface area (TPSA) is 80.7 Å². The van der Waals surface area contributed by atoms with E-state index in [9.17, 15) is 19.5 Å². The van der Waals surface area contributed by atoms with Gasteiger partial charge >= 0.3 is 5.97 Å². The van der Waals surface area contributed by atoms with Crippen LogP contribution in [0.3, 0.4) is 0 Å². The summed E-state index contributed by atoms with van der Waals surface area (Å²) in [5, 5.41) is 9.68. The van der Waals surface area contributed by atoms with Gasteiger partial charge in [0.15, 0.2) is 11.6 Å². The summed E-state index contributed by atoms with van der Waals surface area (Å²) in [6.45, 7) is 7.86. The van der Waals surface area contributed by atoms with Crippen molar-refractivity contribution in [1.82, 2.24) is 0 Å². The van der Waals surface area contributed by atoms with Gasteiger partial charge in [-0.25, -0.2) is 0 Å². The van der Waals surface area contributed by atoms with E-state index in [1.165, 1.54) is 0 Å². The molecule has 0 unspecified atom stereocenters. The second kappa shape index (κ2) is 4.79. The molecule has 0 amide bonds. The molecular weight excluding hydrogens is 296 g/mol. The van der Waals surface area contributed by atoms with Crippen LogP contribution in [0.4, 0.5) is 0 Å². The number of carbonyl (C=O) groups excluding carboxylic acids is 2. The van der Waals surface area contributed by atoms with Gasteiger partial charge in [-0.15, -0.1) is 0 Å². The first-order valence-electron chi connectivity index (χ1n) is 7.94. The summed E-state index contributed by atoms with van der Waals surface area (Å²) in [6, 6.07) is 0. The largest absolute Gasteiger partial charge is 0.481 e. The van der Waals surface area contributed by atoms with Crippen LogP contribution in [-0.2, 0) is 19.1 Å². The molecule has 1 N–H and O–H groups in total. The van der Waals surface area contributed by atoms with Crippen molar-refractivity contribution in [2.45, 2.75) is 53.4 Å². The normalized spacial score (nSPS) is 26.6. The van der Waals surface area contributed by atoms with Crippen LogP contribution in [0, 0.1) is 16.7 Å². The smallest absolute Gasteiger partial charge is 0.316 e. The van der Waals surface area contributed by atoms with Gasteiger partial charge in [0.2, 0.25) is 0 Å². The third-order valence-electron chi connectivity index (χ3n) is 4.83. The summed E-state index contributed by atoms with van der Waals surface area (Å²) in [5.74, 6) is -1.85. The number of ketones is 2. The van der Waals surface area contributed by atoms with Crippen LogP contribution < -0.4 is 0 Å². The average molecular weight is 318 g/mol. The van der Waals surface area contributed by atoms with Crippen molar-refractivity contribution in [3.8, 4) is 0 Å². The SMILES string of the molecule is CC1(C)CC(=O)C2=C(C1)OC1=C(C(=O)CC(C)(C)C1)C2C(=O)O. The zero-order chi connectivity index (χ0) is 17.2. The summed E-state index contributed by atoms with van der Waals surface area (Å²) >= 11 is 0. The lowest BCUT2D eigenvalue weighted by molar-refractivity contribution is -0.142. The van der Waals surface area contributed by atoms with Gasteiger partial charge in [-0.1, -0.05) is 27.7 Å². The van der Waals surface area contributed by atoms with Gasteiger partial charge in [0.25, 0.3) is 0 Å². The highest BCUT2D eigenvalue weighted by Gasteiger charge is 2.49. The number of Topliss-reactive ketones (excluding diaryl/α,β-unsaturated/α-hetero) is 2. The van der Waals surface area contributed by atoms with E-state index in [1.54, 1.807) is 0 Å². The number of carboxylic acids is 1. The van der Waals surface area contributed by atoms with Crippen molar-refractivity contribution in [3.63, 3.8) is 0 Å². The Kier molecular flexibility index (Phi) is 3.33. The Morgan fingerprint density at radius 1 is 0.913 bits per heavy atom. The zero-order valence-electron chi connectivity index (χ0n) is 14.0. The second-order valence-electron chi connectivity index (χ2n) is 8.43. The number of hydrogen-bond donors (Lipinski definition) is 1. The van der Waals surface area contributed by atoms with Crippen molar-refractivity contribution < 1.29 is 24.2 Å². The molecule has 3 aliphatic rings. The highest BCUT2D eigenvalue weighted by Crippen LogP contribution is 2.50. The van der Waals surface area contributed by atoms with E-state index >= 15 is 0 Å². The minimum absolute atomic E-state index is 0.184. The first-order valence-corrected chi connectivity index (χ1v) is 7.94. The van der Waals surface area contributed by atoms with E-state index in [4.69, 9.17) is 4.74 Å². The third-order valence-corrected chi connectivity index (χ3v) is 4.83. The fourth-order valence-corrected chi connectivity index (χ4v) is 3.92. The van der Waals surface area contributed by atoms with Crippen LogP contribution in [-0.4, -0.2) is 22.6 Å². The summed E-state index contributed by atoms with van der Waals surface area (Å²) in [4.78, 5) is 36.9. The van der Waals surface area contributed by atoms with Crippen molar-refractivity contribution in [2.75, 3.05) is 0 Å². The maximum Gasteiger partial charge on any atom is 0.316 e. The number of allylic oxidation sites excluding steroid dienone is 2. The standard InChI is InChI=1S/C18H22O5/c1-17(2)5-9(19)13-11(7-17)23-12-8-18(3,4)6-10(20)14(12)15(13)16(21)22/h15H,5-8H2,1-4H3,(H,21,22). The minimum atomic E-state index is -1.17. The van der Waals surface area contributed by atoms with Crippen LogP contribution in [0.5, 0.6) is 0 Å². The van der Waals surface area contributed by atoms with Gasteiger partial charge in [0.05, 0.1) is 11.1 Å². The van der Waals surface area contributed by atoms with Gasteiger partial charge in [0.1, 0.15) is 17.4 Å². The number of ether oxygens (including phenoxy) is 1. The van der Waals surface area contributed by atoms with Crippen LogP contribution >= 0.6 is 0 Å². The summed E-state index contributed by atoms with van der Waals surface area (Å²) in [7, 11) is 0. The molecule has 1 heterocycles. The molecule has 2 aliphatic carbocycles. The Bertz CT molecular complexity index is 638. The molecule has 124 valence electrons. The third kappa shape index (κ3) is 2.62. The van der Waals surface area contributed by atoms with E-state index in [-0.39, 0.29) is 46.4 Å². The fraction of sp³-hybridized carbons (Fsp3) is 0.611. The van der Waals surface area contributed by atoms with Crippen molar-refractivity contribution in [2.24, 2.45) is 16.7 Å². The van der Waals surface area contributed by atoms with Crippen molar-refractivity contribution in [1.29, 1.82) is 0 Å². The molecular formula is C18H22O5. The molecule has 0 atom stereocenters. The maximum absolute atomic E-state index is 12.5. The minimum Gasteiger partial charge on any atom is -0.481 e. The molecule has 0 aromatic heterocycles. The Labute approximate surface area is 135 Å². The van der Waals surface area contributed by atoms with Crippen molar-refractivity contribution >= 4 is 17.5 Å². The summed E-state index contributed by atoms with van der Waals surface area (Å²) < 4.78 is 5.94. The highest BCUT2D eigenvalue weighted by atomic mass is 16.5. The molecule has 1 aliphatic heterocycles. The lowest BCUT2D eigenvalue weighted by atomic mass is 9.67. The Morgan fingerprint density at radius 2 is 1.30 bits per heavy atom. The number of hydrogen-bond acceptors (Lipinski definition) is 4. The Balaban J connectivity index is 2.13. The molecule has 0 aromatic carbocycles. The second-order valence-corrected chi connectivity index (χ2v) is 8.43. The lowest BCUT2D eigenvalue weighted by Crippen LogP contribution is -2.41. The molecule has 5 nitrogen and oxygen atoms in total. The van der Waals surface area contributed by atoms with E-state index < -0.39 is 11.9 Å². The first-order chi connectivity index (χ1) is 10.5. The van der Waals surface area contributed by atoms with Gasteiger partial charge in [-0.3, -0.25) is 14.4 Å². The van der Waals surface area contributed by atoms with Gasteiger partial charge < -0.3 is 9.84 Å². The van der Waals surface area contributed by atoms with E-state index in [2.05, 4.69) is 0 Å². The summed E-state index contributed by atoms with van der Waals surface area (Å²) in [6.07, 6.45) is 1.59. The molecule has 0 spiro atoms. The molecule has 0 saturated heterocycles. The average Bonchev–Trinajstić information content (AvgIpc) is 2.32. The molecule has 0 saturated carbocycles. The lowest BCUT2D eigenvalue weighted by Gasteiger charge is -2.41. The number of carboxylic acid groups (broad SMARTS) is 1. The Morgan fingerprint density at radius 3 is 1.65 bits per heavy atom. The predicted molar refractivity (Wildman–Crippen MR) is 82.3 cm³/mol. The van der Waals surface area contributed by atoms with E-state index in [1.807, 2.05) is 27.7 Å². The van der Waals surface area contributed by atoms with Gasteiger partial charge in [0, 0.05) is 25.7 Å². The Hall–Kier alpha value is -1.91. The number of aliphatic carboxylic acids is 1. The van der Waals surface area contributed by atoms with Crippen molar-refractivity contribution in [3.05, 3.63) is 22.7 Å². The maximum atomic E-state index is 12.5. The molecule has 0 aromatic rings.